The zero-order valence-electron chi connectivity index (χ0n) is 14.2. The Labute approximate surface area is 149 Å². The molecule has 0 aromatic heterocycles. The summed E-state index contributed by atoms with van der Waals surface area (Å²) in [5.74, 6) is 1.35. The van der Waals surface area contributed by atoms with Crippen molar-refractivity contribution >= 4 is 10.0 Å². The van der Waals surface area contributed by atoms with Crippen LogP contribution >= 0.6 is 0 Å². The highest BCUT2D eigenvalue weighted by Crippen LogP contribution is 2.26. The summed E-state index contributed by atoms with van der Waals surface area (Å²) in [6.45, 7) is 1.06. The summed E-state index contributed by atoms with van der Waals surface area (Å²) in [5.41, 5.74) is 11.8. The van der Waals surface area contributed by atoms with Crippen LogP contribution in [0, 0.1) is 0 Å². The molecule has 7 heteroatoms. The largest absolute Gasteiger partial charge is 0.457 e. The molecule has 6 nitrogen and oxygen atoms in total. The number of nitrogens with two attached hydrogens (primary N) is 2. The summed E-state index contributed by atoms with van der Waals surface area (Å²) in [6.07, 6.45) is 0.422. The second-order valence-corrected chi connectivity index (χ2v) is 7.69. The van der Waals surface area contributed by atoms with E-state index in [1.807, 2.05) is 54.6 Å². The maximum atomic E-state index is 12.5. The van der Waals surface area contributed by atoms with Crippen LogP contribution in [0.2, 0.25) is 0 Å². The fourth-order valence-corrected chi connectivity index (χ4v) is 3.90. The average Bonchev–Trinajstić information content (AvgIpc) is 2.62. The van der Waals surface area contributed by atoms with Crippen LogP contribution in [0.5, 0.6) is 11.5 Å². The predicted molar refractivity (Wildman–Crippen MR) is 99.9 cm³/mol. The Morgan fingerprint density at radius 3 is 2.28 bits per heavy atom. The molecule has 0 saturated heterocycles. The number of benzene rings is 2. The van der Waals surface area contributed by atoms with Gasteiger partial charge in [0.1, 0.15) is 11.5 Å². The smallest absolute Gasteiger partial charge is 0.214 e. The number of para-hydroxylation sites is 2. The molecular weight excluding hydrogens is 338 g/mol. The molecule has 0 atom stereocenters. The minimum atomic E-state index is -3.42. The Balaban J connectivity index is 2.22. The third-order valence-corrected chi connectivity index (χ3v) is 5.57. The van der Waals surface area contributed by atoms with Gasteiger partial charge in [-0.2, -0.15) is 4.31 Å². The van der Waals surface area contributed by atoms with E-state index in [-0.39, 0.29) is 25.4 Å². The van der Waals surface area contributed by atoms with Gasteiger partial charge >= 0.3 is 0 Å². The first kappa shape index (κ1) is 19.4. The van der Waals surface area contributed by atoms with Crippen molar-refractivity contribution in [2.24, 2.45) is 11.5 Å². The standard InChI is InChI=1S/C18H25N3O3S/c19-11-6-14-25(22,23)21(13-12-20)15-16-7-4-5-10-18(16)24-17-8-2-1-3-9-17/h1-5,7-10H,6,11-15,19-20H2. The number of sulfonamides is 1. The van der Waals surface area contributed by atoms with Gasteiger partial charge in [0.15, 0.2) is 0 Å². The van der Waals surface area contributed by atoms with E-state index in [0.29, 0.717) is 24.5 Å². The van der Waals surface area contributed by atoms with Crippen LogP contribution in [-0.2, 0) is 16.6 Å². The Bertz CT molecular complexity index is 751. The predicted octanol–water partition coefficient (Wildman–Crippen LogP) is 1.92. The fraction of sp³-hybridized carbons (Fsp3) is 0.333. The lowest BCUT2D eigenvalue weighted by atomic mass is 10.2. The van der Waals surface area contributed by atoms with E-state index < -0.39 is 10.0 Å². The van der Waals surface area contributed by atoms with Crippen molar-refractivity contribution in [3.05, 3.63) is 60.2 Å². The van der Waals surface area contributed by atoms with Crippen LogP contribution in [-0.4, -0.2) is 38.1 Å². The van der Waals surface area contributed by atoms with E-state index in [1.165, 1.54) is 4.31 Å². The number of hydrogen-bond donors (Lipinski definition) is 2. The van der Waals surface area contributed by atoms with E-state index >= 15 is 0 Å². The summed E-state index contributed by atoms with van der Waals surface area (Å²) >= 11 is 0. The highest BCUT2D eigenvalue weighted by molar-refractivity contribution is 7.89. The molecule has 0 radical (unpaired) electrons. The number of nitrogens with zero attached hydrogens (tertiary/aromatic N) is 1. The normalized spacial score (nSPS) is 11.6. The van der Waals surface area contributed by atoms with E-state index in [4.69, 9.17) is 16.2 Å². The molecule has 0 unspecified atom stereocenters. The SMILES string of the molecule is NCCCS(=O)(=O)N(CCN)Cc1ccccc1Oc1ccccc1. The highest BCUT2D eigenvalue weighted by Gasteiger charge is 2.22. The molecule has 0 heterocycles. The molecule has 2 aromatic carbocycles. The van der Waals surface area contributed by atoms with Gasteiger partial charge in [0.05, 0.1) is 5.75 Å². The second kappa shape index (κ2) is 9.53. The van der Waals surface area contributed by atoms with Crippen LogP contribution in [0.25, 0.3) is 0 Å². The summed E-state index contributed by atoms with van der Waals surface area (Å²) < 4.78 is 32.4. The first-order valence-corrected chi connectivity index (χ1v) is 9.86. The molecule has 0 bridgehead atoms. The molecule has 2 rings (SSSR count). The van der Waals surface area contributed by atoms with Crippen molar-refractivity contribution in [1.82, 2.24) is 4.31 Å². The topological polar surface area (TPSA) is 98.7 Å². The number of rotatable bonds is 10. The van der Waals surface area contributed by atoms with Crippen molar-refractivity contribution < 1.29 is 13.2 Å². The van der Waals surface area contributed by atoms with Crippen molar-refractivity contribution in [2.45, 2.75) is 13.0 Å². The molecule has 0 aliphatic rings. The summed E-state index contributed by atoms with van der Waals surface area (Å²) in [5, 5.41) is 0. The lowest BCUT2D eigenvalue weighted by molar-refractivity contribution is 0.401. The summed E-state index contributed by atoms with van der Waals surface area (Å²) in [6, 6.07) is 16.8. The third kappa shape index (κ3) is 5.82. The van der Waals surface area contributed by atoms with Gasteiger partial charge in [-0.1, -0.05) is 36.4 Å². The average molecular weight is 363 g/mol. The molecule has 0 fully saturated rings. The van der Waals surface area contributed by atoms with Gasteiger partial charge in [0.25, 0.3) is 0 Å². The van der Waals surface area contributed by atoms with Crippen molar-refractivity contribution in [2.75, 3.05) is 25.4 Å². The van der Waals surface area contributed by atoms with Crippen molar-refractivity contribution in [1.29, 1.82) is 0 Å². The monoisotopic (exact) mass is 363 g/mol. The zero-order chi connectivity index (χ0) is 18.1. The maximum absolute atomic E-state index is 12.5. The minimum Gasteiger partial charge on any atom is -0.457 e. The number of ether oxygens (including phenoxy) is 1. The van der Waals surface area contributed by atoms with Gasteiger partial charge in [0.2, 0.25) is 10.0 Å². The fourth-order valence-electron chi connectivity index (χ4n) is 2.39. The van der Waals surface area contributed by atoms with Gasteiger partial charge in [-0.15, -0.1) is 0 Å². The van der Waals surface area contributed by atoms with Crippen molar-refractivity contribution in [3.63, 3.8) is 0 Å². The quantitative estimate of drug-likeness (QED) is 0.672. The molecule has 136 valence electrons. The van der Waals surface area contributed by atoms with Crippen LogP contribution < -0.4 is 16.2 Å². The van der Waals surface area contributed by atoms with Crippen LogP contribution in [0.4, 0.5) is 0 Å². The van der Waals surface area contributed by atoms with Gasteiger partial charge < -0.3 is 16.2 Å². The van der Waals surface area contributed by atoms with Gasteiger partial charge in [-0.3, -0.25) is 0 Å². The van der Waals surface area contributed by atoms with Gasteiger partial charge in [-0.05, 0) is 31.2 Å². The maximum Gasteiger partial charge on any atom is 0.214 e. The van der Waals surface area contributed by atoms with Crippen molar-refractivity contribution in [3.8, 4) is 11.5 Å². The van der Waals surface area contributed by atoms with E-state index in [0.717, 1.165) is 5.56 Å². The lowest BCUT2D eigenvalue weighted by Crippen LogP contribution is -2.37. The molecule has 0 spiro atoms. The second-order valence-electron chi connectivity index (χ2n) is 5.60. The highest BCUT2D eigenvalue weighted by atomic mass is 32.2. The lowest BCUT2D eigenvalue weighted by Gasteiger charge is -2.22. The minimum absolute atomic E-state index is 0.0191. The van der Waals surface area contributed by atoms with E-state index in [1.54, 1.807) is 0 Å². The molecular formula is C18H25N3O3S. The summed E-state index contributed by atoms with van der Waals surface area (Å²) in [7, 11) is -3.42. The number of hydrogen-bond acceptors (Lipinski definition) is 5. The van der Waals surface area contributed by atoms with Crippen LogP contribution in [0.3, 0.4) is 0 Å². The molecule has 0 saturated carbocycles. The van der Waals surface area contributed by atoms with E-state index in [2.05, 4.69) is 0 Å². The molecule has 0 aliphatic heterocycles. The summed E-state index contributed by atoms with van der Waals surface area (Å²) in [4.78, 5) is 0. The molecule has 4 N–H and O–H groups in total. The first-order chi connectivity index (χ1) is 12.1. The molecule has 0 aliphatic carbocycles. The Kier molecular flexibility index (Phi) is 7.39. The van der Waals surface area contributed by atoms with Gasteiger partial charge in [0, 0.05) is 25.2 Å². The molecule has 25 heavy (non-hydrogen) atoms. The van der Waals surface area contributed by atoms with Crippen LogP contribution in [0.1, 0.15) is 12.0 Å². The zero-order valence-corrected chi connectivity index (χ0v) is 15.0. The Morgan fingerprint density at radius 2 is 1.60 bits per heavy atom. The molecule has 2 aromatic rings. The van der Waals surface area contributed by atoms with Crippen LogP contribution in [0.15, 0.2) is 54.6 Å². The Hall–Kier alpha value is -1.93. The molecule has 0 amide bonds. The Morgan fingerprint density at radius 1 is 0.920 bits per heavy atom. The van der Waals surface area contributed by atoms with Gasteiger partial charge in [-0.25, -0.2) is 8.42 Å². The van der Waals surface area contributed by atoms with E-state index in [9.17, 15) is 8.42 Å². The third-order valence-electron chi connectivity index (χ3n) is 3.67. The first-order valence-electron chi connectivity index (χ1n) is 8.25.